The van der Waals surface area contributed by atoms with Gasteiger partial charge < -0.3 is 11.5 Å². The first-order valence-corrected chi connectivity index (χ1v) is 6.44. The van der Waals surface area contributed by atoms with Gasteiger partial charge in [0.25, 0.3) is 5.91 Å². The fourth-order valence-corrected chi connectivity index (χ4v) is 2.17. The van der Waals surface area contributed by atoms with Gasteiger partial charge in [0.1, 0.15) is 23.0 Å². The van der Waals surface area contributed by atoms with Crippen LogP contribution in [0.2, 0.25) is 0 Å². The van der Waals surface area contributed by atoms with Crippen molar-refractivity contribution in [2.75, 3.05) is 5.73 Å². The first-order chi connectivity index (χ1) is 9.73. The van der Waals surface area contributed by atoms with E-state index in [0.29, 0.717) is 11.5 Å². The van der Waals surface area contributed by atoms with Gasteiger partial charge in [-0.1, -0.05) is 12.1 Å². The minimum absolute atomic E-state index is 0.0557. The number of anilines is 1. The van der Waals surface area contributed by atoms with Gasteiger partial charge >= 0.3 is 0 Å². The lowest BCUT2D eigenvalue weighted by Gasteiger charge is -2.24. The van der Waals surface area contributed by atoms with E-state index in [1.807, 2.05) is 13.8 Å². The molecule has 4 N–H and O–H groups in total. The van der Waals surface area contributed by atoms with Crippen LogP contribution in [-0.2, 0) is 5.41 Å². The molecule has 0 atom stereocenters. The Bertz CT molecular complexity index is 672. The number of hydrogen-bond donors (Lipinski definition) is 2. The van der Waals surface area contributed by atoms with Gasteiger partial charge in [0.2, 0.25) is 0 Å². The highest BCUT2D eigenvalue weighted by Crippen LogP contribution is 2.30. The van der Waals surface area contributed by atoms with Crippen molar-refractivity contribution < 1.29 is 9.18 Å². The predicted octanol–water partition coefficient (Wildman–Crippen LogP) is 1.93. The molecule has 0 aliphatic carbocycles. The number of halogens is 1. The molecule has 110 valence electrons. The van der Waals surface area contributed by atoms with Crippen LogP contribution in [-0.4, -0.2) is 15.9 Å². The lowest BCUT2D eigenvalue weighted by Crippen LogP contribution is -2.26. The van der Waals surface area contributed by atoms with Gasteiger partial charge in [-0.3, -0.25) is 4.79 Å². The third-order valence-electron chi connectivity index (χ3n) is 3.49. The van der Waals surface area contributed by atoms with E-state index < -0.39 is 11.3 Å². The molecule has 0 radical (unpaired) electrons. The molecule has 0 unspecified atom stereocenters. The number of nitrogen functional groups attached to an aromatic ring is 1. The van der Waals surface area contributed by atoms with Gasteiger partial charge in [0.05, 0.1) is 5.69 Å². The second kappa shape index (κ2) is 5.12. The van der Waals surface area contributed by atoms with E-state index in [9.17, 15) is 9.18 Å². The van der Waals surface area contributed by atoms with Gasteiger partial charge in [-0.2, -0.15) is 0 Å². The number of amides is 1. The maximum atomic E-state index is 13.0. The van der Waals surface area contributed by atoms with Crippen LogP contribution >= 0.6 is 0 Å². The van der Waals surface area contributed by atoms with Crippen molar-refractivity contribution in [1.82, 2.24) is 9.97 Å². The van der Waals surface area contributed by atoms with E-state index in [-0.39, 0.29) is 17.2 Å². The van der Waals surface area contributed by atoms with E-state index in [0.717, 1.165) is 5.56 Å². The zero-order chi connectivity index (χ0) is 15.8. The SMILES string of the molecule is Cc1nc(C(C)(C)c2ccc(F)cc2)nc(N)c1C(N)=O. The molecular formula is C15H17FN4O. The minimum atomic E-state index is -0.656. The molecular weight excluding hydrogens is 271 g/mol. The summed E-state index contributed by atoms with van der Waals surface area (Å²) in [4.78, 5) is 19.9. The summed E-state index contributed by atoms with van der Waals surface area (Å²) in [5, 5.41) is 0. The number of carbonyl (C=O) groups is 1. The number of aromatic nitrogens is 2. The van der Waals surface area contributed by atoms with E-state index >= 15 is 0 Å². The number of primary amides is 1. The van der Waals surface area contributed by atoms with Gasteiger partial charge in [0.15, 0.2) is 0 Å². The number of hydrogen-bond acceptors (Lipinski definition) is 4. The minimum Gasteiger partial charge on any atom is -0.383 e. The summed E-state index contributed by atoms with van der Waals surface area (Å²) < 4.78 is 13.0. The molecule has 6 heteroatoms. The first kappa shape index (κ1) is 14.9. The van der Waals surface area contributed by atoms with E-state index in [2.05, 4.69) is 9.97 Å². The number of benzene rings is 1. The summed E-state index contributed by atoms with van der Waals surface area (Å²) in [6.07, 6.45) is 0. The van der Waals surface area contributed by atoms with Crippen LogP contribution < -0.4 is 11.5 Å². The second-order valence-electron chi connectivity index (χ2n) is 5.39. The molecule has 21 heavy (non-hydrogen) atoms. The number of carbonyl (C=O) groups excluding carboxylic acids is 1. The molecule has 1 heterocycles. The monoisotopic (exact) mass is 288 g/mol. The molecule has 0 aliphatic rings. The zero-order valence-corrected chi connectivity index (χ0v) is 12.1. The second-order valence-corrected chi connectivity index (χ2v) is 5.39. The number of nitrogens with two attached hydrogens (primary N) is 2. The Hall–Kier alpha value is -2.50. The third-order valence-corrected chi connectivity index (χ3v) is 3.49. The van der Waals surface area contributed by atoms with Crippen molar-refractivity contribution >= 4 is 11.7 Å². The van der Waals surface area contributed by atoms with Gasteiger partial charge in [-0.15, -0.1) is 0 Å². The molecule has 5 nitrogen and oxygen atoms in total. The van der Waals surface area contributed by atoms with Crippen LogP contribution in [0.15, 0.2) is 24.3 Å². The number of aryl methyl sites for hydroxylation is 1. The predicted molar refractivity (Wildman–Crippen MR) is 78.2 cm³/mol. The van der Waals surface area contributed by atoms with Crippen LogP contribution in [0.5, 0.6) is 0 Å². The van der Waals surface area contributed by atoms with Crippen LogP contribution in [0.1, 0.15) is 41.3 Å². The van der Waals surface area contributed by atoms with Gasteiger partial charge in [-0.25, -0.2) is 14.4 Å². The number of rotatable bonds is 3. The van der Waals surface area contributed by atoms with E-state index in [1.165, 1.54) is 12.1 Å². The van der Waals surface area contributed by atoms with Crippen LogP contribution in [0.25, 0.3) is 0 Å². The lowest BCUT2D eigenvalue weighted by atomic mass is 9.83. The quantitative estimate of drug-likeness (QED) is 0.902. The maximum Gasteiger partial charge on any atom is 0.254 e. The first-order valence-electron chi connectivity index (χ1n) is 6.44. The largest absolute Gasteiger partial charge is 0.383 e. The van der Waals surface area contributed by atoms with Crippen molar-refractivity contribution in [2.24, 2.45) is 5.73 Å². The molecule has 0 aliphatic heterocycles. The fraction of sp³-hybridized carbons (Fsp3) is 0.267. The van der Waals surface area contributed by atoms with E-state index in [1.54, 1.807) is 19.1 Å². The average molecular weight is 288 g/mol. The Morgan fingerprint density at radius 2 is 1.76 bits per heavy atom. The van der Waals surface area contributed by atoms with E-state index in [4.69, 9.17) is 11.5 Å². The Morgan fingerprint density at radius 3 is 2.24 bits per heavy atom. The molecule has 1 aromatic heterocycles. The highest BCUT2D eigenvalue weighted by atomic mass is 19.1. The Kier molecular flexibility index (Phi) is 3.63. The average Bonchev–Trinajstić information content (AvgIpc) is 2.37. The van der Waals surface area contributed by atoms with Gasteiger partial charge in [-0.05, 0) is 38.5 Å². The van der Waals surface area contributed by atoms with Crippen molar-refractivity contribution in [3.05, 3.63) is 52.7 Å². The molecule has 1 aromatic carbocycles. The van der Waals surface area contributed by atoms with Crippen molar-refractivity contribution in [3.63, 3.8) is 0 Å². The molecule has 0 bridgehead atoms. The Morgan fingerprint density at radius 1 is 1.19 bits per heavy atom. The molecule has 1 amide bonds. The zero-order valence-electron chi connectivity index (χ0n) is 12.1. The summed E-state index contributed by atoms with van der Waals surface area (Å²) in [6.45, 7) is 5.46. The fourth-order valence-electron chi connectivity index (χ4n) is 2.17. The molecule has 0 fully saturated rings. The summed E-state index contributed by atoms with van der Waals surface area (Å²) in [5.74, 6) is -0.458. The molecule has 0 saturated heterocycles. The van der Waals surface area contributed by atoms with Gasteiger partial charge in [0, 0.05) is 5.41 Å². The van der Waals surface area contributed by atoms with Crippen LogP contribution in [0.3, 0.4) is 0 Å². The highest BCUT2D eigenvalue weighted by molar-refractivity contribution is 5.98. The topological polar surface area (TPSA) is 94.9 Å². The summed E-state index contributed by atoms with van der Waals surface area (Å²) in [5.41, 5.74) is 11.9. The standard InChI is InChI=1S/C15H17FN4O/c1-8-11(13(18)21)12(17)20-14(19-8)15(2,3)9-4-6-10(16)7-5-9/h4-7H,1-3H3,(H2,18,21)(H2,17,19,20). The summed E-state index contributed by atoms with van der Waals surface area (Å²) >= 11 is 0. The maximum absolute atomic E-state index is 13.0. The molecule has 0 saturated carbocycles. The molecule has 2 aromatic rings. The van der Waals surface area contributed by atoms with Crippen LogP contribution in [0.4, 0.5) is 10.2 Å². The molecule has 0 spiro atoms. The number of nitrogens with zero attached hydrogens (tertiary/aromatic N) is 2. The highest BCUT2D eigenvalue weighted by Gasteiger charge is 2.28. The summed E-state index contributed by atoms with van der Waals surface area (Å²) in [6, 6.07) is 6.11. The smallest absolute Gasteiger partial charge is 0.254 e. The van der Waals surface area contributed by atoms with Crippen molar-refractivity contribution in [3.8, 4) is 0 Å². The molecule has 2 rings (SSSR count). The van der Waals surface area contributed by atoms with Crippen LogP contribution in [0, 0.1) is 12.7 Å². The Balaban J connectivity index is 2.55. The third kappa shape index (κ3) is 2.69. The van der Waals surface area contributed by atoms with Crippen molar-refractivity contribution in [1.29, 1.82) is 0 Å². The van der Waals surface area contributed by atoms with Crippen molar-refractivity contribution in [2.45, 2.75) is 26.2 Å². The lowest BCUT2D eigenvalue weighted by molar-refractivity contribution is 0.0999. The summed E-state index contributed by atoms with van der Waals surface area (Å²) in [7, 11) is 0. The Labute approximate surface area is 122 Å². The normalized spacial score (nSPS) is 11.4.